The van der Waals surface area contributed by atoms with Gasteiger partial charge in [-0.2, -0.15) is 5.10 Å². The van der Waals surface area contributed by atoms with Crippen molar-refractivity contribution in [2.24, 2.45) is 10.9 Å². The lowest BCUT2D eigenvalue weighted by Crippen LogP contribution is -1.81. The topological polar surface area (TPSA) is 38.4 Å². The van der Waals surface area contributed by atoms with Crippen LogP contribution in [-0.4, -0.2) is 6.21 Å². The summed E-state index contributed by atoms with van der Waals surface area (Å²) < 4.78 is 1.04. The van der Waals surface area contributed by atoms with Crippen molar-refractivity contribution in [2.45, 2.75) is 0 Å². The van der Waals surface area contributed by atoms with E-state index in [0.29, 0.717) is 0 Å². The molecule has 4 heteroatoms. The van der Waals surface area contributed by atoms with E-state index in [9.17, 15) is 0 Å². The van der Waals surface area contributed by atoms with Crippen LogP contribution in [0.5, 0.6) is 0 Å². The predicted octanol–water partition coefficient (Wildman–Crippen LogP) is 1.80. The number of halogens is 1. The van der Waals surface area contributed by atoms with E-state index in [0.717, 1.165) is 9.35 Å². The Morgan fingerprint density at radius 1 is 1.78 bits per heavy atom. The van der Waals surface area contributed by atoms with Crippen molar-refractivity contribution in [3.05, 3.63) is 20.8 Å². The Hall–Kier alpha value is -0.350. The van der Waals surface area contributed by atoms with Gasteiger partial charge >= 0.3 is 0 Å². The van der Waals surface area contributed by atoms with Gasteiger partial charge in [-0.3, -0.25) is 0 Å². The quantitative estimate of drug-likeness (QED) is 0.423. The van der Waals surface area contributed by atoms with Crippen LogP contribution in [0.4, 0.5) is 0 Å². The Kier molecular flexibility index (Phi) is 2.24. The molecule has 0 aliphatic carbocycles. The van der Waals surface area contributed by atoms with Crippen LogP contribution in [0, 0.1) is 0 Å². The maximum absolute atomic E-state index is 4.94. The van der Waals surface area contributed by atoms with Gasteiger partial charge in [0.1, 0.15) is 0 Å². The molecule has 9 heavy (non-hydrogen) atoms. The van der Waals surface area contributed by atoms with Crippen molar-refractivity contribution >= 4 is 33.5 Å². The standard InChI is InChI=1S/C5H5BrN2S/c6-4-1-2-9-5(4)3-8-7/h1-3H,7H2/b8-3+. The summed E-state index contributed by atoms with van der Waals surface area (Å²) in [5.74, 6) is 4.94. The van der Waals surface area contributed by atoms with Crippen molar-refractivity contribution in [1.82, 2.24) is 0 Å². The van der Waals surface area contributed by atoms with Crippen molar-refractivity contribution in [3.63, 3.8) is 0 Å². The van der Waals surface area contributed by atoms with Gasteiger partial charge in [-0.25, -0.2) is 0 Å². The number of thiophene rings is 1. The Labute approximate surface area is 65.5 Å². The van der Waals surface area contributed by atoms with E-state index in [1.165, 1.54) is 0 Å². The van der Waals surface area contributed by atoms with Gasteiger partial charge in [0.15, 0.2) is 0 Å². The number of hydrazone groups is 1. The number of hydrogen-bond acceptors (Lipinski definition) is 3. The average molecular weight is 205 g/mol. The molecule has 0 aliphatic heterocycles. The molecule has 2 N–H and O–H groups in total. The summed E-state index contributed by atoms with van der Waals surface area (Å²) in [5.41, 5.74) is 0. The molecule has 1 rings (SSSR count). The van der Waals surface area contributed by atoms with Crippen molar-refractivity contribution in [2.75, 3.05) is 0 Å². The van der Waals surface area contributed by atoms with E-state index in [4.69, 9.17) is 5.84 Å². The first kappa shape index (κ1) is 6.77. The van der Waals surface area contributed by atoms with Crippen LogP contribution < -0.4 is 5.84 Å². The minimum absolute atomic E-state index is 1.04. The largest absolute Gasteiger partial charge is 0.323 e. The molecule has 1 aromatic rings. The average Bonchev–Trinajstić information content (AvgIpc) is 2.18. The van der Waals surface area contributed by atoms with E-state index >= 15 is 0 Å². The molecule has 0 fully saturated rings. The SMILES string of the molecule is N/N=C/c1sccc1Br. The van der Waals surface area contributed by atoms with E-state index in [1.54, 1.807) is 17.6 Å². The van der Waals surface area contributed by atoms with Gasteiger partial charge in [0.2, 0.25) is 0 Å². The molecule has 48 valence electrons. The van der Waals surface area contributed by atoms with E-state index < -0.39 is 0 Å². The van der Waals surface area contributed by atoms with Crippen LogP contribution >= 0.6 is 27.3 Å². The van der Waals surface area contributed by atoms with Gasteiger partial charge in [0.25, 0.3) is 0 Å². The lowest BCUT2D eigenvalue weighted by atomic mass is 10.5. The molecule has 2 nitrogen and oxygen atoms in total. The van der Waals surface area contributed by atoms with Gasteiger partial charge in [0, 0.05) is 4.47 Å². The van der Waals surface area contributed by atoms with Crippen molar-refractivity contribution in [3.8, 4) is 0 Å². The molecule has 0 unspecified atom stereocenters. The van der Waals surface area contributed by atoms with Gasteiger partial charge < -0.3 is 5.84 Å². The summed E-state index contributed by atoms with van der Waals surface area (Å²) >= 11 is 4.93. The fourth-order valence-electron chi connectivity index (χ4n) is 0.465. The zero-order valence-corrected chi connectivity index (χ0v) is 6.95. The monoisotopic (exact) mass is 204 g/mol. The molecule has 0 radical (unpaired) electrons. The second kappa shape index (κ2) is 2.98. The van der Waals surface area contributed by atoms with Gasteiger partial charge in [-0.05, 0) is 27.4 Å². The van der Waals surface area contributed by atoms with Crippen LogP contribution in [0.25, 0.3) is 0 Å². The van der Waals surface area contributed by atoms with Crippen LogP contribution in [0.1, 0.15) is 4.88 Å². The summed E-state index contributed by atoms with van der Waals surface area (Å²) in [6.45, 7) is 0. The summed E-state index contributed by atoms with van der Waals surface area (Å²) in [6, 6.07) is 1.96. The van der Waals surface area contributed by atoms with Gasteiger partial charge in [0.05, 0.1) is 11.1 Å². The fourth-order valence-corrected chi connectivity index (χ4v) is 1.81. The first-order valence-electron chi connectivity index (χ1n) is 2.31. The third-order valence-electron chi connectivity index (χ3n) is 0.837. The lowest BCUT2D eigenvalue weighted by Gasteiger charge is -1.81. The van der Waals surface area contributed by atoms with E-state index in [2.05, 4.69) is 21.0 Å². The third kappa shape index (κ3) is 1.53. The molecular formula is C5H5BrN2S. The molecule has 0 saturated heterocycles. The zero-order valence-electron chi connectivity index (χ0n) is 4.54. The Balaban J connectivity index is 2.94. The lowest BCUT2D eigenvalue weighted by molar-refractivity contribution is 1.27. The number of nitrogens with two attached hydrogens (primary N) is 1. The predicted molar refractivity (Wildman–Crippen MR) is 43.8 cm³/mol. The third-order valence-corrected chi connectivity index (χ3v) is 2.64. The molecule has 0 spiro atoms. The highest BCUT2D eigenvalue weighted by Gasteiger charge is 1.94. The number of hydrogen-bond donors (Lipinski definition) is 1. The highest BCUT2D eigenvalue weighted by Crippen LogP contribution is 2.19. The fraction of sp³-hybridized carbons (Fsp3) is 0. The summed E-state index contributed by atoms with van der Waals surface area (Å²) in [6.07, 6.45) is 1.62. The zero-order chi connectivity index (χ0) is 6.69. The Morgan fingerprint density at radius 3 is 3.00 bits per heavy atom. The first-order chi connectivity index (χ1) is 4.34. The first-order valence-corrected chi connectivity index (χ1v) is 3.98. The minimum atomic E-state index is 1.04. The molecule has 0 atom stereocenters. The molecule has 0 aliphatic rings. The molecule has 0 aromatic carbocycles. The normalized spacial score (nSPS) is 10.8. The Bertz CT molecular complexity index is 218. The second-order valence-corrected chi connectivity index (χ2v) is 3.21. The van der Waals surface area contributed by atoms with Gasteiger partial charge in [-0.15, -0.1) is 11.3 Å². The number of nitrogens with zero attached hydrogens (tertiary/aromatic N) is 1. The van der Waals surface area contributed by atoms with Crippen LogP contribution in [0.2, 0.25) is 0 Å². The van der Waals surface area contributed by atoms with E-state index in [1.807, 2.05) is 11.4 Å². The highest BCUT2D eigenvalue weighted by molar-refractivity contribution is 9.10. The summed E-state index contributed by atoms with van der Waals surface area (Å²) in [4.78, 5) is 1.05. The van der Waals surface area contributed by atoms with Gasteiger partial charge in [-0.1, -0.05) is 0 Å². The molecule has 1 aromatic heterocycles. The molecule has 0 bridgehead atoms. The van der Waals surface area contributed by atoms with Crippen molar-refractivity contribution < 1.29 is 0 Å². The van der Waals surface area contributed by atoms with Crippen molar-refractivity contribution in [1.29, 1.82) is 0 Å². The molecular weight excluding hydrogens is 200 g/mol. The second-order valence-electron chi connectivity index (χ2n) is 1.41. The van der Waals surface area contributed by atoms with E-state index in [-0.39, 0.29) is 0 Å². The smallest absolute Gasteiger partial charge is 0.0649 e. The molecule has 0 saturated carbocycles. The highest BCUT2D eigenvalue weighted by atomic mass is 79.9. The van der Waals surface area contributed by atoms with Crippen LogP contribution in [-0.2, 0) is 0 Å². The number of rotatable bonds is 1. The maximum Gasteiger partial charge on any atom is 0.0649 e. The minimum Gasteiger partial charge on any atom is -0.323 e. The summed E-state index contributed by atoms with van der Waals surface area (Å²) in [7, 11) is 0. The van der Waals surface area contributed by atoms with Crippen LogP contribution in [0.3, 0.4) is 0 Å². The maximum atomic E-state index is 4.94. The van der Waals surface area contributed by atoms with Crippen LogP contribution in [0.15, 0.2) is 21.0 Å². The molecule has 0 amide bonds. The summed E-state index contributed by atoms with van der Waals surface area (Å²) in [5, 5.41) is 5.37. The Morgan fingerprint density at radius 2 is 2.56 bits per heavy atom. The molecule has 1 heterocycles.